The van der Waals surface area contributed by atoms with Crippen LogP contribution in [0.25, 0.3) is 0 Å². The standard InChI is InChI=1S/C25H48N2O/c1-4-5-6-7-8-9-10-11-12-13-14-15-16-17-18-19-20-25-26-24(23-28-25)21-22-27(2)3/h8-9,11-12,24-26H,4-7,10,13-23H2,1-3H3/b9-8-,12-11-. The van der Waals surface area contributed by atoms with Gasteiger partial charge in [0.2, 0.25) is 0 Å². The molecule has 0 spiro atoms. The predicted molar refractivity (Wildman–Crippen MR) is 124 cm³/mol. The van der Waals surface area contributed by atoms with E-state index in [0.717, 1.165) is 19.6 Å². The summed E-state index contributed by atoms with van der Waals surface area (Å²) in [4.78, 5) is 2.25. The topological polar surface area (TPSA) is 24.5 Å². The van der Waals surface area contributed by atoms with Gasteiger partial charge in [-0.2, -0.15) is 0 Å². The summed E-state index contributed by atoms with van der Waals surface area (Å²) in [7, 11) is 4.27. The molecule has 2 unspecified atom stereocenters. The highest BCUT2D eigenvalue weighted by Crippen LogP contribution is 2.15. The lowest BCUT2D eigenvalue weighted by Gasteiger charge is -2.14. The molecule has 0 saturated carbocycles. The van der Waals surface area contributed by atoms with Crippen molar-refractivity contribution in [2.45, 2.75) is 109 Å². The molecule has 1 N–H and O–H groups in total. The van der Waals surface area contributed by atoms with Gasteiger partial charge < -0.3 is 9.64 Å². The molecule has 3 nitrogen and oxygen atoms in total. The molecule has 1 rings (SSSR count). The molecule has 1 heterocycles. The van der Waals surface area contributed by atoms with Crippen LogP contribution in [0.4, 0.5) is 0 Å². The van der Waals surface area contributed by atoms with Gasteiger partial charge in [0, 0.05) is 6.04 Å². The lowest BCUT2D eigenvalue weighted by molar-refractivity contribution is 0.0907. The number of nitrogens with zero attached hydrogens (tertiary/aromatic N) is 1. The summed E-state index contributed by atoms with van der Waals surface area (Å²) in [6.45, 7) is 4.29. The highest BCUT2D eigenvalue weighted by Gasteiger charge is 2.23. The van der Waals surface area contributed by atoms with E-state index >= 15 is 0 Å². The summed E-state index contributed by atoms with van der Waals surface area (Å²) in [6, 6.07) is 0.553. The van der Waals surface area contributed by atoms with Crippen LogP contribution in [0.15, 0.2) is 24.3 Å². The van der Waals surface area contributed by atoms with Gasteiger partial charge in [0.1, 0.15) is 6.23 Å². The molecule has 0 radical (unpaired) electrons. The van der Waals surface area contributed by atoms with Crippen molar-refractivity contribution >= 4 is 0 Å². The number of hydrogen-bond acceptors (Lipinski definition) is 3. The molecular weight excluding hydrogens is 344 g/mol. The van der Waals surface area contributed by atoms with Crippen LogP contribution < -0.4 is 5.32 Å². The smallest absolute Gasteiger partial charge is 0.108 e. The highest BCUT2D eigenvalue weighted by molar-refractivity contribution is 4.92. The molecule has 1 fully saturated rings. The highest BCUT2D eigenvalue weighted by atomic mass is 16.5. The van der Waals surface area contributed by atoms with E-state index in [1.165, 1.54) is 83.5 Å². The van der Waals surface area contributed by atoms with E-state index in [4.69, 9.17) is 4.74 Å². The van der Waals surface area contributed by atoms with E-state index in [-0.39, 0.29) is 0 Å². The minimum Gasteiger partial charge on any atom is -0.362 e. The third kappa shape index (κ3) is 15.3. The lowest BCUT2D eigenvalue weighted by atomic mass is 10.1. The monoisotopic (exact) mass is 392 g/mol. The van der Waals surface area contributed by atoms with Crippen molar-refractivity contribution < 1.29 is 4.74 Å². The Morgan fingerprint density at radius 1 is 0.821 bits per heavy atom. The Bertz CT molecular complexity index is 392. The average molecular weight is 393 g/mol. The first-order valence-electron chi connectivity index (χ1n) is 12.0. The molecule has 2 atom stereocenters. The second kappa shape index (κ2) is 18.4. The Hall–Kier alpha value is -0.640. The Labute approximate surface area is 176 Å². The minimum atomic E-state index is 0.304. The normalized spacial score (nSPS) is 20.3. The van der Waals surface area contributed by atoms with Gasteiger partial charge in [-0.05, 0) is 72.0 Å². The van der Waals surface area contributed by atoms with E-state index < -0.39 is 0 Å². The zero-order valence-corrected chi connectivity index (χ0v) is 19.1. The number of nitrogens with one attached hydrogen (secondary N) is 1. The van der Waals surface area contributed by atoms with E-state index in [0.29, 0.717) is 12.3 Å². The largest absolute Gasteiger partial charge is 0.362 e. The summed E-state index contributed by atoms with van der Waals surface area (Å²) in [5.74, 6) is 0. The number of allylic oxidation sites excluding steroid dienone is 4. The van der Waals surface area contributed by atoms with Crippen molar-refractivity contribution in [1.82, 2.24) is 10.2 Å². The Balaban J connectivity index is 1.81. The van der Waals surface area contributed by atoms with E-state index in [1.54, 1.807) is 0 Å². The zero-order valence-electron chi connectivity index (χ0n) is 19.1. The second-order valence-electron chi connectivity index (χ2n) is 8.65. The molecule has 0 aromatic heterocycles. The first kappa shape index (κ1) is 25.4. The fraction of sp³-hybridized carbons (Fsp3) is 0.840. The maximum atomic E-state index is 5.88. The van der Waals surface area contributed by atoms with Crippen molar-refractivity contribution in [3.05, 3.63) is 24.3 Å². The number of hydrogen-bond donors (Lipinski definition) is 1. The molecular formula is C25H48N2O. The van der Waals surface area contributed by atoms with Gasteiger partial charge in [-0.3, -0.25) is 5.32 Å². The Kier molecular flexibility index (Phi) is 16.7. The van der Waals surface area contributed by atoms with Crippen molar-refractivity contribution in [3.63, 3.8) is 0 Å². The first-order chi connectivity index (χ1) is 13.7. The summed E-state index contributed by atoms with van der Waals surface area (Å²) >= 11 is 0. The van der Waals surface area contributed by atoms with Crippen LogP contribution in [0.5, 0.6) is 0 Å². The van der Waals surface area contributed by atoms with E-state index in [9.17, 15) is 0 Å². The van der Waals surface area contributed by atoms with Crippen molar-refractivity contribution in [1.29, 1.82) is 0 Å². The van der Waals surface area contributed by atoms with Crippen LogP contribution in [-0.2, 0) is 4.74 Å². The molecule has 28 heavy (non-hydrogen) atoms. The molecule has 0 bridgehead atoms. The van der Waals surface area contributed by atoms with Gasteiger partial charge >= 0.3 is 0 Å². The predicted octanol–water partition coefficient (Wildman–Crippen LogP) is 6.46. The van der Waals surface area contributed by atoms with Gasteiger partial charge in [0.15, 0.2) is 0 Å². The van der Waals surface area contributed by atoms with Gasteiger partial charge in [0.05, 0.1) is 6.61 Å². The number of ether oxygens (including phenoxy) is 1. The average Bonchev–Trinajstić information content (AvgIpc) is 3.14. The molecule has 0 amide bonds. The van der Waals surface area contributed by atoms with Gasteiger partial charge in [0.25, 0.3) is 0 Å². The van der Waals surface area contributed by atoms with Gasteiger partial charge in [-0.15, -0.1) is 0 Å². The molecule has 0 aromatic rings. The maximum Gasteiger partial charge on any atom is 0.108 e. The molecule has 1 aliphatic rings. The third-order valence-electron chi connectivity index (χ3n) is 5.51. The molecule has 0 aliphatic carbocycles. The Morgan fingerprint density at radius 3 is 2.14 bits per heavy atom. The summed E-state index contributed by atoms with van der Waals surface area (Å²) < 4.78 is 5.88. The van der Waals surface area contributed by atoms with Crippen LogP contribution in [0.2, 0.25) is 0 Å². The van der Waals surface area contributed by atoms with Gasteiger partial charge in [-0.25, -0.2) is 0 Å². The maximum absolute atomic E-state index is 5.88. The van der Waals surface area contributed by atoms with E-state index in [1.807, 2.05) is 0 Å². The fourth-order valence-corrected chi connectivity index (χ4v) is 3.66. The van der Waals surface area contributed by atoms with Gasteiger partial charge in [-0.1, -0.05) is 69.8 Å². The van der Waals surface area contributed by atoms with Crippen LogP contribution in [-0.4, -0.2) is 44.4 Å². The fourth-order valence-electron chi connectivity index (χ4n) is 3.66. The minimum absolute atomic E-state index is 0.304. The number of unbranched alkanes of at least 4 members (excludes halogenated alkanes) is 9. The zero-order chi connectivity index (χ0) is 20.3. The second-order valence-corrected chi connectivity index (χ2v) is 8.65. The SMILES string of the molecule is CCCCC/C=C\C/C=C\CCCCCCCCC1NC(CCN(C)C)CO1. The quantitative estimate of drug-likeness (QED) is 0.214. The molecule has 0 aromatic carbocycles. The molecule has 1 saturated heterocycles. The number of rotatable bonds is 18. The van der Waals surface area contributed by atoms with Crippen LogP contribution in [0, 0.1) is 0 Å². The summed E-state index contributed by atoms with van der Waals surface area (Å²) in [6.07, 6.45) is 27.8. The third-order valence-corrected chi connectivity index (χ3v) is 5.51. The van der Waals surface area contributed by atoms with Crippen LogP contribution in [0.1, 0.15) is 96.8 Å². The van der Waals surface area contributed by atoms with Crippen LogP contribution >= 0.6 is 0 Å². The lowest BCUT2D eigenvalue weighted by Crippen LogP contribution is -2.32. The van der Waals surface area contributed by atoms with Crippen molar-refractivity contribution in [2.75, 3.05) is 27.2 Å². The molecule has 1 aliphatic heterocycles. The molecule has 164 valence electrons. The molecule has 3 heteroatoms. The first-order valence-corrected chi connectivity index (χ1v) is 12.0. The summed E-state index contributed by atoms with van der Waals surface area (Å²) in [5, 5.41) is 3.64. The Morgan fingerprint density at radius 2 is 1.46 bits per heavy atom. The van der Waals surface area contributed by atoms with E-state index in [2.05, 4.69) is 55.5 Å². The van der Waals surface area contributed by atoms with Crippen molar-refractivity contribution in [3.8, 4) is 0 Å². The van der Waals surface area contributed by atoms with Crippen LogP contribution in [0.3, 0.4) is 0 Å². The van der Waals surface area contributed by atoms with Crippen molar-refractivity contribution in [2.24, 2.45) is 0 Å². The summed E-state index contributed by atoms with van der Waals surface area (Å²) in [5.41, 5.74) is 0.